The third-order valence-corrected chi connectivity index (χ3v) is 4.12. The number of hydrogen-bond donors (Lipinski definition) is 0. The fraction of sp³-hybridized carbons (Fsp3) is 0.769. The maximum Gasteiger partial charge on any atom is 0.181 e. The van der Waals surface area contributed by atoms with Gasteiger partial charge in [-0.25, -0.2) is 4.98 Å². The van der Waals surface area contributed by atoms with Crippen LogP contribution in [0.1, 0.15) is 37.6 Å². The van der Waals surface area contributed by atoms with Gasteiger partial charge in [-0.15, -0.1) is 0 Å². The molecule has 0 N–H and O–H groups in total. The lowest BCUT2D eigenvalue weighted by atomic mass is 9.79. The first-order chi connectivity index (χ1) is 7.88. The molecule has 0 saturated carbocycles. The molecule has 1 aliphatic heterocycles. The van der Waals surface area contributed by atoms with E-state index in [1.54, 1.807) is 6.39 Å². The molecule has 1 aromatic rings. The van der Waals surface area contributed by atoms with Gasteiger partial charge in [0.15, 0.2) is 6.39 Å². The number of fused-ring (bicyclic) bond motifs is 2. The van der Waals surface area contributed by atoms with Crippen LogP contribution in [0.5, 0.6) is 0 Å². The Kier molecular flexibility index (Phi) is 2.72. The number of hydrogen-bond acceptors (Lipinski definition) is 3. The molecule has 1 saturated heterocycles. The van der Waals surface area contributed by atoms with E-state index >= 15 is 0 Å². The van der Waals surface area contributed by atoms with Crippen molar-refractivity contribution in [2.75, 3.05) is 13.1 Å². The smallest absolute Gasteiger partial charge is 0.181 e. The number of nitrogens with zero attached hydrogens (tertiary/aromatic N) is 2. The summed E-state index contributed by atoms with van der Waals surface area (Å²) in [5, 5.41) is 0. The average molecular weight is 220 g/mol. The monoisotopic (exact) mass is 220 g/mol. The summed E-state index contributed by atoms with van der Waals surface area (Å²) in [6, 6.07) is 0.717. The van der Waals surface area contributed by atoms with Gasteiger partial charge in [0.2, 0.25) is 0 Å². The Morgan fingerprint density at radius 3 is 3.31 bits per heavy atom. The van der Waals surface area contributed by atoms with Gasteiger partial charge in [0, 0.05) is 12.5 Å². The SMILES string of the molecule is CCCN1CCC[C@H]2Cc3ncoc3C[C@@H]21. The quantitative estimate of drug-likeness (QED) is 0.765. The third-order valence-electron chi connectivity index (χ3n) is 4.12. The Balaban J connectivity index is 1.81. The molecule has 1 aromatic heterocycles. The number of likely N-dealkylation sites (tertiary alicyclic amines) is 1. The molecule has 0 bridgehead atoms. The van der Waals surface area contributed by atoms with Crippen molar-refractivity contribution >= 4 is 0 Å². The highest BCUT2D eigenvalue weighted by atomic mass is 16.3. The Morgan fingerprint density at radius 1 is 1.50 bits per heavy atom. The lowest BCUT2D eigenvalue weighted by Gasteiger charge is -2.43. The summed E-state index contributed by atoms with van der Waals surface area (Å²) >= 11 is 0. The van der Waals surface area contributed by atoms with E-state index in [0.29, 0.717) is 6.04 Å². The van der Waals surface area contributed by atoms with E-state index in [-0.39, 0.29) is 0 Å². The fourth-order valence-corrected chi connectivity index (χ4v) is 3.38. The normalized spacial score (nSPS) is 29.8. The molecule has 2 aliphatic rings. The van der Waals surface area contributed by atoms with Gasteiger partial charge >= 0.3 is 0 Å². The minimum absolute atomic E-state index is 0.717. The van der Waals surface area contributed by atoms with E-state index in [0.717, 1.165) is 24.5 Å². The Hall–Kier alpha value is -0.830. The van der Waals surface area contributed by atoms with Crippen LogP contribution < -0.4 is 0 Å². The summed E-state index contributed by atoms with van der Waals surface area (Å²) in [6.45, 7) is 4.79. The van der Waals surface area contributed by atoms with Gasteiger partial charge in [-0.05, 0) is 44.7 Å². The van der Waals surface area contributed by atoms with Gasteiger partial charge < -0.3 is 4.42 Å². The molecule has 2 atom stereocenters. The number of oxazole rings is 1. The second-order valence-electron chi connectivity index (χ2n) is 5.14. The van der Waals surface area contributed by atoms with E-state index in [9.17, 15) is 0 Å². The number of piperidine rings is 1. The van der Waals surface area contributed by atoms with Crippen molar-refractivity contribution in [1.29, 1.82) is 0 Å². The molecule has 0 spiro atoms. The van der Waals surface area contributed by atoms with E-state index in [1.807, 2.05) is 0 Å². The van der Waals surface area contributed by atoms with E-state index in [1.165, 1.54) is 38.0 Å². The molecule has 0 unspecified atom stereocenters. The minimum atomic E-state index is 0.717. The first-order valence-corrected chi connectivity index (χ1v) is 6.53. The van der Waals surface area contributed by atoms with Crippen molar-refractivity contribution in [1.82, 2.24) is 9.88 Å². The van der Waals surface area contributed by atoms with Crippen molar-refractivity contribution in [3.63, 3.8) is 0 Å². The summed E-state index contributed by atoms with van der Waals surface area (Å²) in [4.78, 5) is 7.00. The summed E-state index contributed by atoms with van der Waals surface area (Å²) in [6.07, 6.45) is 7.82. The van der Waals surface area contributed by atoms with Crippen LogP contribution in [0.3, 0.4) is 0 Å². The van der Waals surface area contributed by atoms with Crippen LogP contribution in [0, 0.1) is 5.92 Å². The molecule has 0 amide bonds. The van der Waals surface area contributed by atoms with Crippen LogP contribution in [-0.4, -0.2) is 29.0 Å². The molecule has 1 aliphatic carbocycles. The van der Waals surface area contributed by atoms with Crippen molar-refractivity contribution in [3.8, 4) is 0 Å². The molecule has 0 radical (unpaired) electrons. The van der Waals surface area contributed by atoms with E-state index in [4.69, 9.17) is 4.42 Å². The summed E-state index contributed by atoms with van der Waals surface area (Å²) in [5.74, 6) is 1.96. The van der Waals surface area contributed by atoms with Gasteiger partial charge in [0.05, 0.1) is 5.69 Å². The average Bonchev–Trinajstić information content (AvgIpc) is 2.74. The van der Waals surface area contributed by atoms with Crippen LogP contribution in [-0.2, 0) is 12.8 Å². The van der Waals surface area contributed by atoms with Crippen molar-refractivity contribution in [2.24, 2.45) is 5.92 Å². The van der Waals surface area contributed by atoms with Crippen molar-refractivity contribution in [2.45, 2.75) is 45.1 Å². The molecule has 2 heterocycles. The van der Waals surface area contributed by atoms with Gasteiger partial charge in [0.1, 0.15) is 5.76 Å². The molecule has 3 nitrogen and oxygen atoms in total. The molecule has 1 fully saturated rings. The van der Waals surface area contributed by atoms with Gasteiger partial charge in [-0.2, -0.15) is 0 Å². The van der Waals surface area contributed by atoms with E-state index in [2.05, 4.69) is 16.8 Å². The lowest BCUT2D eigenvalue weighted by molar-refractivity contribution is 0.0798. The molecule has 3 heteroatoms. The maximum absolute atomic E-state index is 5.49. The predicted octanol–water partition coefficient (Wildman–Crippen LogP) is 2.26. The standard InChI is InChI=1S/C13H20N2O/c1-2-5-15-6-3-4-10-7-11-13(8-12(10)15)16-9-14-11/h9-10,12H,2-8H2,1H3/t10-,12-/m0/s1. The Bertz CT molecular complexity index is 359. The second kappa shape index (κ2) is 4.21. The van der Waals surface area contributed by atoms with Gasteiger partial charge in [-0.1, -0.05) is 6.92 Å². The number of aromatic nitrogens is 1. The lowest BCUT2D eigenvalue weighted by Crippen LogP contribution is -2.49. The zero-order chi connectivity index (χ0) is 11.0. The van der Waals surface area contributed by atoms with Crippen molar-refractivity contribution < 1.29 is 4.42 Å². The second-order valence-corrected chi connectivity index (χ2v) is 5.14. The highest BCUT2D eigenvalue weighted by Gasteiger charge is 2.36. The zero-order valence-electron chi connectivity index (χ0n) is 9.98. The molecule has 88 valence electrons. The molecular weight excluding hydrogens is 200 g/mol. The van der Waals surface area contributed by atoms with Gasteiger partial charge in [-0.3, -0.25) is 4.90 Å². The Morgan fingerprint density at radius 2 is 2.44 bits per heavy atom. The first kappa shape index (κ1) is 10.3. The zero-order valence-corrected chi connectivity index (χ0v) is 9.98. The van der Waals surface area contributed by atoms with Crippen LogP contribution >= 0.6 is 0 Å². The summed E-state index contributed by atoms with van der Waals surface area (Å²) < 4.78 is 5.49. The molecule has 0 aromatic carbocycles. The van der Waals surface area contributed by atoms with Gasteiger partial charge in [0.25, 0.3) is 0 Å². The fourth-order valence-electron chi connectivity index (χ4n) is 3.38. The first-order valence-electron chi connectivity index (χ1n) is 6.53. The summed E-state index contributed by atoms with van der Waals surface area (Å²) in [7, 11) is 0. The minimum Gasteiger partial charge on any atom is -0.448 e. The predicted molar refractivity (Wildman–Crippen MR) is 62.3 cm³/mol. The largest absolute Gasteiger partial charge is 0.448 e. The van der Waals surface area contributed by atoms with Crippen LogP contribution in [0.25, 0.3) is 0 Å². The third kappa shape index (κ3) is 1.67. The maximum atomic E-state index is 5.49. The van der Waals surface area contributed by atoms with Crippen LogP contribution in [0.4, 0.5) is 0 Å². The number of rotatable bonds is 2. The van der Waals surface area contributed by atoms with Crippen LogP contribution in [0.2, 0.25) is 0 Å². The molecule has 3 rings (SSSR count). The summed E-state index contributed by atoms with van der Waals surface area (Å²) in [5.41, 5.74) is 1.22. The van der Waals surface area contributed by atoms with Crippen molar-refractivity contribution in [3.05, 3.63) is 17.8 Å². The topological polar surface area (TPSA) is 29.3 Å². The highest BCUT2D eigenvalue weighted by molar-refractivity contribution is 5.16. The van der Waals surface area contributed by atoms with E-state index < -0.39 is 0 Å². The molecule has 16 heavy (non-hydrogen) atoms. The van der Waals surface area contributed by atoms with Crippen LogP contribution in [0.15, 0.2) is 10.8 Å². The Labute approximate surface area is 96.8 Å². The highest BCUT2D eigenvalue weighted by Crippen LogP contribution is 2.34. The molecular formula is C13H20N2O.